The Morgan fingerprint density at radius 3 is 2.70 bits per heavy atom. The van der Waals surface area contributed by atoms with Crippen molar-refractivity contribution in [2.45, 2.75) is 19.9 Å². The number of amides is 2. The van der Waals surface area contributed by atoms with Crippen LogP contribution in [0.3, 0.4) is 0 Å². The van der Waals surface area contributed by atoms with Gasteiger partial charge < -0.3 is 10.6 Å². The zero-order chi connectivity index (χ0) is 28.2. The highest BCUT2D eigenvalue weighted by molar-refractivity contribution is 6.01. The molecule has 0 radical (unpaired) electrons. The molecule has 0 saturated heterocycles. The van der Waals surface area contributed by atoms with Crippen molar-refractivity contribution in [1.29, 1.82) is 0 Å². The minimum Gasteiger partial charge on any atom is -0.344 e. The molecule has 1 atom stereocenters. The van der Waals surface area contributed by atoms with Crippen LogP contribution in [-0.2, 0) is 4.79 Å². The third kappa shape index (κ3) is 4.98. The third-order valence-electron chi connectivity index (χ3n) is 6.44. The van der Waals surface area contributed by atoms with Gasteiger partial charge in [0.15, 0.2) is 5.65 Å². The van der Waals surface area contributed by atoms with E-state index in [0.29, 0.717) is 44.6 Å². The van der Waals surface area contributed by atoms with Gasteiger partial charge in [0.05, 0.1) is 23.7 Å². The SMILES string of the molecule is C=CC(=O)NCC#Cc1cccc2cc([C@H](C)NC(=O)c3c(C)nn4cccnc34)n(-c3ccccc3)c(=O)c12. The van der Waals surface area contributed by atoms with Crippen molar-refractivity contribution in [3.63, 3.8) is 0 Å². The van der Waals surface area contributed by atoms with Gasteiger partial charge in [-0.05, 0) is 55.6 Å². The van der Waals surface area contributed by atoms with Crippen molar-refractivity contribution < 1.29 is 9.59 Å². The molecule has 5 aromatic rings. The highest BCUT2D eigenvalue weighted by Gasteiger charge is 2.23. The molecule has 2 aromatic carbocycles. The second-order valence-corrected chi connectivity index (χ2v) is 9.08. The first kappa shape index (κ1) is 26.1. The summed E-state index contributed by atoms with van der Waals surface area (Å²) in [6.07, 6.45) is 4.52. The van der Waals surface area contributed by atoms with Crippen LogP contribution in [0, 0.1) is 18.8 Å². The van der Waals surface area contributed by atoms with E-state index >= 15 is 0 Å². The summed E-state index contributed by atoms with van der Waals surface area (Å²) >= 11 is 0. The van der Waals surface area contributed by atoms with Gasteiger partial charge in [0, 0.05) is 29.3 Å². The molecule has 0 bridgehead atoms. The number of nitrogens with one attached hydrogen (secondary N) is 2. The average Bonchev–Trinajstić information content (AvgIpc) is 3.31. The summed E-state index contributed by atoms with van der Waals surface area (Å²) in [5.74, 6) is 5.24. The second kappa shape index (κ2) is 11.1. The van der Waals surface area contributed by atoms with Crippen LogP contribution in [-0.4, -0.2) is 37.5 Å². The van der Waals surface area contributed by atoms with Gasteiger partial charge in [-0.3, -0.25) is 19.0 Å². The van der Waals surface area contributed by atoms with E-state index in [4.69, 9.17) is 0 Å². The van der Waals surface area contributed by atoms with Crippen molar-refractivity contribution in [2.75, 3.05) is 6.54 Å². The lowest BCUT2D eigenvalue weighted by Crippen LogP contribution is -2.32. The topological polar surface area (TPSA) is 110 Å². The molecule has 0 aliphatic rings. The Morgan fingerprint density at radius 1 is 1.12 bits per heavy atom. The van der Waals surface area contributed by atoms with E-state index in [0.717, 1.165) is 0 Å². The molecule has 0 fully saturated rings. The van der Waals surface area contributed by atoms with Gasteiger partial charge in [-0.1, -0.05) is 48.8 Å². The molecule has 9 heteroatoms. The number of pyridine rings is 1. The lowest BCUT2D eigenvalue weighted by molar-refractivity contribution is -0.116. The first-order chi connectivity index (χ1) is 19.4. The predicted molar refractivity (Wildman–Crippen MR) is 153 cm³/mol. The molecule has 9 nitrogen and oxygen atoms in total. The van der Waals surface area contributed by atoms with Crippen molar-refractivity contribution in [3.8, 4) is 17.5 Å². The summed E-state index contributed by atoms with van der Waals surface area (Å²) in [5, 5.41) is 11.2. The zero-order valence-electron chi connectivity index (χ0n) is 22.0. The first-order valence-corrected chi connectivity index (χ1v) is 12.6. The van der Waals surface area contributed by atoms with E-state index in [1.165, 1.54) is 6.08 Å². The Bertz CT molecular complexity index is 1890. The molecule has 0 aliphatic heterocycles. The average molecular weight is 531 g/mol. The van der Waals surface area contributed by atoms with Crippen LogP contribution in [0.1, 0.15) is 40.3 Å². The number of rotatable bonds is 6. The number of benzene rings is 2. The number of carbonyl (C=O) groups is 2. The minimum atomic E-state index is -0.549. The van der Waals surface area contributed by atoms with Crippen LogP contribution in [0.4, 0.5) is 0 Å². The number of nitrogens with zero attached hydrogens (tertiary/aromatic N) is 4. The molecular weight excluding hydrogens is 504 g/mol. The van der Waals surface area contributed by atoms with E-state index in [1.54, 1.807) is 40.5 Å². The molecular formula is C31H26N6O3. The summed E-state index contributed by atoms with van der Waals surface area (Å²) in [4.78, 5) is 43.3. The van der Waals surface area contributed by atoms with Crippen molar-refractivity contribution >= 4 is 28.2 Å². The molecule has 0 saturated carbocycles. The van der Waals surface area contributed by atoms with Gasteiger partial charge in [-0.2, -0.15) is 5.10 Å². The maximum atomic E-state index is 14.1. The molecule has 0 unspecified atom stereocenters. The number of aryl methyl sites for hydroxylation is 1. The van der Waals surface area contributed by atoms with Gasteiger partial charge in [0.2, 0.25) is 5.91 Å². The number of hydrogen-bond donors (Lipinski definition) is 2. The quantitative estimate of drug-likeness (QED) is 0.258. The summed E-state index contributed by atoms with van der Waals surface area (Å²) < 4.78 is 3.16. The molecule has 3 aromatic heterocycles. The first-order valence-electron chi connectivity index (χ1n) is 12.6. The van der Waals surface area contributed by atoms with Crippen LogP contribution in [0.5, 0.6) is 0 Å². The van der Waals surface area contributed by atoms with Crippen LogP contribution in [0.25, 0.3) is 22.1 Å². The summed E-state index contributed by atoms with van der Waals surface area (Å²) in [5.41, 5.74) is 2.90. The van der Waals surface area contributed by atoms with Gasteiger partial charge in [-0.25, -0.2) is 9.50 Å². The fourth-order valence-corrected chi connectivity index (χ4v) is 4.60. The number of hydrogen-bond acceptors (Lipinski definition) is 5. The standard InChI is InChI=1S/C31H26N6O3/c1-4-26(38)32-16-9-13-22-11-8-12-23-19-25(37(31(40)28(22)23)24-14-6-5-7-15-24)20(2)34-30(39)27-21(3)35-36-18-10-17-33-29(27)36/h4-8,10-12,14-15,17-20H,1,16H2,2-3H3,(H,32,38)(H,34,39)/t20-/m0/s1. The third-order valence-corrected chi connectivity index (χ3v) is 6.44. The van der Waals surface area contributed by atoms with Crippen LogP contribution < -0.4 is 16.2 Å². The van der Waals surface area contributed by atoms with Crippen LogP contribution >= 0.6 is 0 Å². The van der Waals surface area contributed by atoms with E-state index < -0.39 is 6.04 Å². The van der Waals surface area contributed by atoms with Gasteiger partial charge >= 0.3 is 0 Å². The zero-order valence-corrected chi connectivity index (χ0v) is 22.0. The smallest absolute Gasteiger partial charge is 0.264 e. The van der Waals surface area contributed by atoms with E-state index in [9.17, 15) is 14.4 Å². The van der Waals surface area contributed by atoms with E-state index in [-0.39, 0.29) is 23.9 Å². The van der Waals surface area contributed by atoms with Crippen molar-refractivity contribution in [1.82, 2.24) is 29.8 Å². The van der Waals surface area contributed by atoms with Crippen LogP contribution in [0.2, 0.25) is 0 Å². The number of carbonyl (C=O) groups excluding carboxylic acids is 2. The lowest BCUT2D eigenvalue weighted by atomic mass is 10.0. The summed E-state index contributed by atoms with van der Waals surface area (Å²) in [7, 11) is 0. The lowest BCUT2D eigenvalue weighted by Gasteiger charge is -2.21. The van der Waals surface area contributed by atoms with E-state index in [1.807, 2.05) is 55.5 Å². The molecule has 198 valence electrons. The Balaban J connectivity index is 1.59. The maximum Gasteiger partial charge on any atom is 0.264 e. The highest BCUT2D eigenvalue weighted by atomic mass is 16.2. The molecule has 40 heavy (non-hydrogen) atoms. The number of aromatic nitrogens is 4. The molecule has 5 rings (SSSR count). The molecule has 0 aliphatic carbocycles. The molecule has 0 spiro atoms. The van der Waals surface area contributed by atoms with Gasteiger partial charge in [-0.15, -0.1) is 0 Å². The second-order valence-electron chi connectivity index (χ2n) is 9.08. The Hall–Kier alpha value is -5.49. The number of para-hydroxylation sites is 1. The molecule has 3 heterocycles. The number of fused-ring (bicyclic) bond motifs is 2. The Kier molecular flexibility index (Phi) is 7.25. The van der Waals surface area contributed by atoms with Crippen LogP contribution in [0.15, 0.2) is 90.5 Å². The Morgan fingerprint density at radius 2 is 1.93 bits per heavy atom. The summed E-state index contributed by atoms with van der Waals surface area (Å²) in [6.45, 7) is 7.13. The molecule has 2 amide bonds. The maximum absolute atomic E-state index is 14.1. The van der Waals surface area contributed by atoms with E-state index in [2.05, 4.69) is 39.1 Å². The Labute approximate surface area is 230 Å². The van der Waals surface area contributed by atoms with Gasteiger partial charge in [0.25, 0.3) is 11.5 Å². The fourth-order valence-electron chi connectivity index (χ4n) is 4.60. The normalized spacial score (nSPS) is 11.4. The van der Waals surface area contributed by atoms with Gasteiger partial charge in [0.1, 0.15) is 5.56 Å². The van der Waals surface area contributed by atoms with Crippen molar-refractivity contribution in [3.05, 3.63) is 119 Å². The monoisotopic (exact) mass is 530 g/mol. The predicted octanol–water partition coefficient (Wildman–Crippen LogP) is 3.49. The fraction of sp³-hybridized carbons (Fsp3) is 0.129. The largest absolute Gasteiger partial charge is 0.344 e. The minimum absolute atomic E-state index is 0.118. The molecule has 2 N–H and O–H groups in total. The van der Waals surface area contributed by atoms with Crippen molar-refractivity contribution in [2.24, 2.45) is 0 Å². The summed E-state index contributed by atoms with van der Waals surface area (Å²) in [6, 6.07) is 17.8. The highest BCUT2D eigenvalue weighted by Crippen LogP contribution is 2.24.